The standard InChI is InChI=1S/C13H25N3O/c1-2-15-6-3-11(4-7-15)5-8-16-10-12(14)9-13(16)17/h11-12H,2-10,14H2,1H3. The Kier molecular flexibility index (Phi) is 4.40. The number of nitrogens with two attached hydrogens (primary N) is 1. The lowest BCUT2D eigenvalue weighted by Crippen LogP contribution is -2.35. The molecule has 2 N–H and O–H groups in total. The van der Waals surface area contributed by atoms with E-state index < -0.39 is 0 Å². The molecule has 1 unspecified atom stereocenters. The zero-order valence-electron chi connectivity index (χ0n) is 10.9. The summed E-state index contributed by atoms with van der Waals surface area (Å²) >= 11 is 0. The topological polar surface area (TPSA) is 49.6 Å². The Balaban J connectivity index is 1.67. The van der Waals surface area contributed by atoms with Crippen molar-refractivity contribution < 1.29 is 4.79 Å². The molecule has 2 saturated heterocycles. The van der Waals surface area contributed by atoms with Crippen molar-refractivity contribution >= 4 is 5.91 Å². The van der Waals surface area contributed by atoms with Crippen LogP contribution in [0.4, 0.5) is 0 Å². The summed E-state index contributed by atoms with van der Waals surface area (Å²) in [5.41, 5.74) is 5.79. The monoisotopic (exact) mass is 239 g/mol. The van der Waals surface area contributed by atoms with Crippen molar-refractivity contribution in [3.8, 4) is 0 Å². The molecule has 4 heteroatoms. The van der Waals surface area contributed by atoms with Gasteiger partial charge in [0.1, 0.15) is 0 Å². The Labute approximate surface area is 104 Å². The zero-order valence-corrected chi connectivity index (χ0v) is 10.9. The van der Waals surface area contributed by atoms with Gasteiger partial charge in [0.25, 0.3) is 0 Å². The van der Waals surface area contributed by atoms with E-state index >= 15 is 0 Å². The highest BCUT2D eigenvalue weighted by molar-refractivity contribution is 5.79. The number of carbonyl (C=O) groups is 1. The number of amides is 1. The van der Waals surface area contributed by atoms with Gasteiger partial charge in [0.05, 0.1) is 0 Å². The Morgan fingerprint density at radius 2 is 2.06 bits per heavy atom. The molecule has 2 aliphatic rings. The van der Waals surface area contributed by atoms with Crippen LogP contribution in [0.5, 0.6) is 0 Å². The third kappa shape index (κ3) is 3.42. The Morgan fingerprint density at radius 1 is 1.35 bits per heavy atom. The first kappa shape index (κ1) is 12.8. The van der Waals surface area contributed by atoms with Crippen molar-refractivity contribution in [2.24, 2.45) is 11.7 Å². The molecule has 98 valence electrons. The summed E-state index contributed by atoms with van der Waals surface area (Å²) in [6.07, 6.45) is 4.30. The van der Waals surface area contributed by atoms with E-state index in [1.165, 1.54) is 32.5 Å². The number of piperidine rings is 1. The van der Waals surface area contributed by atoms with Crippen LogP contribution >= 0.6 is 0 Å². The van der Waals surface area contributed by atoms with Gasteiger partial charge in [-0.15, -0.1) is 0 Å². The molecule has 2 fully saturated rings. The summed E-state index contributed by atoms with van der Waals surface area (Å²) in [5, 5.41) is 0. The highest BCUT2D eigenvalue weighted by atomic mass is 16.2. The van der Waals surface area contributed by atoms with Gasteiger partial charge in [0.15, 0.2) is 0 Å². The normalized spacial score (nSPS) is 28.0. The van der Waals surface area contributed by atoms with Crippen LogP contribution in [0, 0.1) is 5.92 Å². The number of likely N-dealkylation sites (tertiary alicyclic amines) is 2. The van der Waals surface area contributed by atoms with E-state index in [-0.39, 0.29) is 11.9 Å². The van der Waals surface area contributed by atoms with E-state index in [2.05, 4.69) is 11.8 Å². The van der Waals surface area contributed by atoms with Gasteiger partial charge in [-0.05, 0) is 44.8 Å². The van der Waals surface area contributed by atoms with Crippen LogP contribution < -0.4 is 5.73 Å². The Bertz CT molecular complexity index is 261. The molecule has 2 rings (SSSR count). The minimum atomic E-state index is 0.0736. The average molecular weight is 239 g/mol. The molecule has 2 aliphatic heterocycles. The summed E-state index contributed by atoms with van der Waals surface area (Å²) in [6.45, 7) is 7.55. The van der Waals surface area contributed by atoms with E-state index in [0.29, 0.717) is 6.42 Å². The van der Waals surface area contributed by atoms with E-state index in [9.17, 15) is 4.79 Å². The van der Waals surface area contributed by atoms with Crippen LogP contribution in [0.2, 0.25) is 0 Å². The van der Waals surface area contributed by atoms with E-state index in [4.69, 9.17) is 5.73 Å². The number of hydrogen-bond acceptors (Lipinski definition) is 3. The summed E-state index contributed by atoms with van der Waals surface area (Å²) in [6, 6.07) is 0.0736. The first-order valence-electron chi connectivity index (χ1n) is 6.94. The van der Waals surface area contributed by atoms with Crippen molar-refractivity contribution in [2.75, 3.05) is 32.7 Å². The third-order valence-electron chi connectivity index (χ3n) is 4.21. The lowest BCUT2D eigenvalue weighted by atomic mass is 9.93. The molecule has 0 radical (unpaired) electrons. The molecule has 0 aromatic rings. The maximum Gasteiger partial charge on any atom is 0.224 e. The maximum atomic E-state index is 11.6. The second-order valence-electron chi connectivity index (χ2n) is 5.47. The number of hydrogen-bond donors (Lipinski definition) is 1. The molecule has 0 spiro atoms. The van der Waals surface area contributed by atoms with Gasteiger partial charge in [-0.1, -0.05) is 6.92 Å². The van der Waals surface area contributed by atoms with E-state index in [0.717, 1.165) is 25.4 Å². The smallest absolute Gasteiger partial charge is 0.224 e. The zero-order chi connectivity index (χ0) is 12.3. The van der Waals surface area contributed by atoms with Crippen molar-refractivity contribution in [1.82, 2.24) is 9.80 Å². The fourth-order valence-electron chi connectivity index (χ4n) is 2.95. The minimum Gasteiger partial charge on any atom is -0.341 e. The average Bonchev–Trinajstić information content (AvgIpc) is 2.66. The van der Waals surface area contributed by atoms with Gasteiger partial charge in [0, 0.05) is 25.6 Å². The van der Waals surface area contributed by atoms with Gasteiger partial charge >= 0.3 is 0 Å². The number of carbonyl (C=O) groups excluding carboxylic acids is 1. The first-order valence-corrected chi connectivity index (χ1v) is 6.94. The summed E-state index contributed by atoms with van der Waals surface area (Å²) in [5.74, 6) is 1.06. The summed E-state index contributed by atoms with van der Waals surface area (Å²) in [4.78, 5) is 16.1. The lowest BCUT2D eigenvalue weighted by Gasteiger charge is -2.31. The van der Waals surface area contributed by atoms with Gasteiger partial charge in [-0.25, -0.2) is 0 Å². The Hall–Kier alpha value is -0.610. The number of nitrogens with zero attached hydrogens (tertiary/aromatic N) is 2. The molecule has 0 aromatic carbocycles. The summed E-state index contributed by atoms with van der Waals surface area (Å²) in [7, 11) is 0. The van der Waals surface area contributed by atoms with Crippen LogP contribution in [-0.4, -0.2) is 54.5 Å². The molecular formula is C13H25N3O. The quantitative estimate of drug-likeness (QED) is 0.784. The highest BCUT2D eigenvalue weighted by Crippen LogP contribution is 2.21. The van der Waals surface area contributed by atoms with Crippen molar-refractivity contribution in [2.45, 2.75) is 38.6 Å². The van der Waals surface area contributed by atoms with Gasteiger partial charge in [-0.3, -0.25) is 4.79 Å². The van der Waals surface area contributed by atoms with Crippen LogP contribution in [0.15, 0.2) is 0 Å². The molecule has 4 nitrogen and oxygen atoms in total. The maximum absolute atomic E-state index is 11.6. The predicted molar refractivity (Wildman–Crippen MR) is 68.6 cm³/mol. The van der Waals surface area contributed by atoms with Crippen LogP contribution in [-0.2, 0) is 4.79 Å². The molecule has 0 bridgehead atoms. The SMILES string of the molecule is CCN1CCC(CCN2CC(N)CC2=O)CC1. The Morgan fingerprint density at radius 3 is 2.59 bits per heavy atom. The molecular weight excluding hydrogens is 214 g/mol. The first-order chi connectivity index (χ1) is 8.19. The molecule has 1 atom stereocenters. The van der Waals surface area contributed by atoms with Crippen molar-refractivity contribution in [1.29, 1.82) is 0 Å². The van der Waals surface area contributed by atoms with Crippen LogP contribution in [0.3, 0.4) is 0 Å². The lowest BCUT2D eigenvalue weighted by molar-refractivity contribution is -0.127. The minimum absolute atomic E-state index is 0.0736. The molecule has 0 aliphatic carbocycles. The molecule has 0 aromatic heterocycles. The van der Waals surface area contributed by atoms with Crippen LogP contribution in [0.1, 0.15) is 32.6 Å². The summed E-state index contributed by atoms with van der Waals surface area (Å²) < 4.78 is 0. The van der Waals surface area contributed by atoms with Crippen LogP contribution in [0.25, 0.3) is 0 Å². The highest BCUT2D eigenvalue weighted by Gasteiger charge is 2.27. The van der Waals surface area contributed by atoms with Gasteiger partial charge in [-0.2, -0.15) is 0 Å². The van der Waals surface area contributed by atoms with E-state index in [1.807, 2.05) is 4.90 Å². The largest absolute Gasteiger partial charge is 0.341 e. The second kappa shape index (κ2) is 5.83. The molecule has 2 heterocycles. The number of rotatable bonds is 4. The third-order valence-corrected chi connectivity index (χ3v) is 4.21. The second-order valence-corrected chi connectivity index (χ2v) is 5.47. The predicted octanol–water partition coefficient (Wildman–Crippen LogP) is 0.668. The fraction of sp³-hybridized carbons (Fsp3) is 0.923. The fourth-order valence-corrected chi connectivity index (χ4v) is 2.95. The molecule has 17 heavy (non-hydrogen) atoms. The van der Waals surface area contributed by atoms with Crippen molar-refractivity contribution in [3.05, 3.63) is 0 Å². The molecule has 0 saturated carbocycles. The van der Waals surface area contributed by atoms with Gasteiger partial charge in [0.2, 0.25) is 5.91 Å². The van der Waals surface area contributed by atoms with E-state index in [1.54, 1.807) is 0 Å². The van der Waals surface area contributed by atoms with Crippen molar-refractivity contribution in [3.63, 3.8) is 0 Å². The van der Waals surface area contributed by atoms with Gasteiger partial charge < -0.3 is 15.5 Å². The molecule has 1 amide bonds.